The van der Waals surface area contributed by atoms with Gasteiger partial charge in [0.05, 0.1) is 28.9 Å². The molecule has 152 valence electrons. The average Bonchev–Trinajstić information content (AvgIpc) is 2.65. The fourth-order valence-corrected chi connectivity index (χ4v) is 3.60. The molecule has 0 bridgehead atoms. The zero-order valence-electron chi connectivity index (χ0n) is 15.1. The Kier molecular flexibility index (Phi) is 5.33. The van der Waals surface area contributed by atoms with E-state index in [4.69, 9.17) is 0 Å². The molecule has 2 aliphatic heterocycles. The van der Waals surface area contributed by atoms with Crippen LogP contribution in [0.4, 0.5) is 24.5 Å². The second kappa shape index (κ2) is 7.42. The van der Waals surface area contributed by atoms with Gasteiger partial charge in [0, 0.05) is 6.54 Å². The molecule has 28 heavy (non-hydrogen) atoms. The van der Waals surface area contributed by atoms with Crippen LogP contribution in [0.1, 0.15) is 25.3 Å². The number of nitrogens with one attached hydrogen (secondary N) is 1. The normalized spacial score (nSPS) is 21.6. The van der Waals surface area contributed by atoms with Crippen LogP contribution in [0.3, 0.4) is 0 Å². The second-order valence-corrected chi connectivity index (χ2v) is 7.05. The molecule has 0 spiro atoms. The lowest BCUT2D eigenvalue weighted by atomic mass is 9.96. The molecule has 2 N–H and O–H groups in total. The van der Waals surface area contributed by atoms with Gasteiger partial charge >= 0.3 is 12.1 Å². The first-order chi connectivity index (χ1) is 13.1. The van der Waals surface area contributed by atoms with Gasteiger partial charge in [-0.15, -0.1) is 0 Å². The second-order valence-electron chi connectivity index (χ2n) is 7.05. The minimum absolute atomic E-state index is 0.0753. The molecule has 1 aromatic carbocycles. The van der Waals surface area contributed by atoms with E-state index in [1.807, 2.05) is 0 Å². The van der Waals surface area contributed by atoms with E-state index in [1.54, 1.807) is 11.8 Å². The molecule has 0 aliphatic carbocycles. The van der Waals surface area contributed by atoms with E-state index in [2.05, 4.69) is 5.32 Å². The number of halogens is 3. The Balaban J connectivity index is 1.84. The third-order valence-corrected chi connectivity index (χ3v) is 5.16. The Morgan fingerprint density at radius 2 is 2.04 bits per heavy atom. The molecule has 1 fully saturated rings. The van der Waals surface area contributed by atoms with Crippen molar-refractivity contribution in [1.29, 1.82) is 0 Å². The van der Waals surface area contributed by atoms with Crippen molar-refractivity contribution in [2.45, 2.75) is 32.0 Å². The number of alkyl halides is 3. The van der Waals surface area contributed by atoms with Crippen LogP contribution < -0.4 is 10.2 Å². The number of amides is 2. The van der Waals surface area contributed by atoms with Crippen LogP contribution in [-0.4, -0.2) is 53.5 Å². The van der Waals surface area contributed by atoms with Gasteiger partial charge in [-0.3, -0.25) is 24.2 Å². The van der Waals surface area contributed by atoms with E-state index in [9.17, 15) is 32.7 Å². The highest BCUT2D eigenvalue weighted by molar-refractivity contribution is 6.11. The predicted molar refractivity (Wildman–Crippen MR) is 93.8 cm³/mol. The van der Waals surface area contributed by atoms with Gasteiger partial charge in [0.2, 0.25) is 11.8 Å². The van der Waals surface area contributed by atoms with Gasteiger partial charge in [-0.1, -0.05) is 0 Å². The van der Waals surface area contributed by atoms with Crippen molar-refractivity contribution in [2.24, 2.45) is 5.92 Å². The SMILES string of the molecule is CC(C(=O)N1CC(=O)Nc2cc(C(F)(F)F)ccc21)N1CCCC(C(=O)O)C1. The Hall–Kier alpha value is -2.62. The van der Waals surface area contributed by atoms with Crippen LogP contribution in [0.25, 0.3) is 0 Å². The summed E-state index contributed by atoms with van der Waals surface area (Å²) in [6, 6.07) is 2.13. The van der Waals surface area contributed by atoms with Crippen LogP contribution in [-0.2, 0) is 20.6 Å². The number of hydrogen-bond acceptors (Lipinski definition) is 4. The minimum Gasteiger partial charge on any atom is -0.481 e. The predicted octanol–water partition coefficient (Wildman–Crippen LogP) is 2.18. The fourth-order valence-electron chi connectivity index (χ4n) is 3.60. The summed E-state index contributed by atoms with van der Waals surface area (Å²) in [7, 11) is 0. The summed E-state index contributed by atoms with van der Waals surface area (Å²) in [5.41, 5.74) is -0.806. The average molecular weight is 399 g/mol. The van der Waals surface area contributed by atoms with Crippen LogP contribution >= 0.6 is 0 Å². The number of piperidine rings is 1. The summed E-state index contributed by atoms with van der Waals surface area (Å²) in [5.74, 6) is -2.54. The number of rotatable bonds is 3. The fraction of sp³-hybridized carbons (Fsp3) is 0.500. The number of fused-ring (bicyclic) bond motifs is 1. The van der Waals surface area contributed by atoms with E-state index < -0.39 is 41.5 Å². The molecule has 2 aliphatic rings. The Bertz CT molecular complexity index is 812. The highest BCUT2D eigenvalue weighted by Crippen LogP contribution is 2.37. The number of carbonyl (C=O) groups is 3. The van der Waals surface area contributed by atoms with Crippen molar-refractivity contribution in [2.75, 3.05) is 29.9 Å². The Labute approximate surface area is 159 Å². The van der Waals surface area contributed by atoms with Gasteiger partial charge < -0.3 is 10.4 Å². The molecular weight excluding hydrogens is 379 g/mol. The summed E-state index contributed by atoms with van der Waals surface area (Å²) in [6.45, 7) is 2.05. The van der Waals surface area contributed by atoms with Gasteiger partial charge in [-0.25, -0.2) is 0 Å². The number of nitrogens with zero attached hydrogens (tertiary/aromatic N) is 2. The molecule has 2 unspecified atom stereocenters. The van der Waals surface area contributed by atoms with Gasteiger partial charge in [0.25, 0.3) is 0 Å². The maximum absolute atomic E-state index is 13.0. The van der Waals surface area contributed by atoms with Crippen LogP contribution in [0, 0.1) is 5.92 Å². The van der Waals surface area contributed by atoms with Gasteiger partial charge in [0.15, 0.2) is 0 Å². The summed E-state index contributed by atoms with van der Waals surface area (Å²) >= 11 is 0. The molecule has 2 atom stereocenters. The van der Waals surface area contributed by atoms with Crippen molar-refractivity contribution >= 4 is 29.2 Å². The maximum atomic E-state index is 13.0. The largest absolute Gasteiger partial charge is 0.481 e. The molecule has 0 aromatic heterocycles. The summed E-state index contributed by atoms with van der Waals surface area (Å²) in [6.07, 6.45) is -3.42. The highest BCUT2D eigenvalue weighted by atomic mass is 19.4. The van der Waals surface area contributed by atoms with Crippen molar-refractivity contribution in [3.8, 4) is 0 Å². The van der Waals surface area contributed by atoms with Crippen LogP contribution in [0.2, 0.25) is 0 Å². The number of carbonyl (C=O) groups excluding carboxylic acids is 2. The van der Waals surface area contributed by atoms with Crippen LogP contribution in [0.15, 0.2) is 18.2 Å². The quantitative estimate of drug-likeness (QED) is 0.813. The highest BCUT2D eigenvalue weighted by Gasteiger charge is 2.37. The molecule has 7 nitrogen and oxygen atoms in total. The molecule has 2 heterocycles. The molecule has 1 aromatic rings. The number of hydrogen-bond donors (Lipinski definition) is 2. The standard InChI is InChI=1S/C18H20F3N3O4/c1-10(23-6-2-3-11(8-23)17(27)28)16(26)24-9-15(25)22-13-7-12(18(19,20)21)4-5-14(13)24/h4-5,7,10-11H,2-3,6,8-9H2,1H3,(H,22,25)(H,27,28). The monoisotopic (exact) mass is 399 g/mol. The summed E-state index contributed by atoms with van der Waals surface area (Å²) in [5, 5.41) is 11.6. The van der Waals surface area contributed by atoms with E-state index in [0.717, 1.165) is 17.0 Å². The molecular formula is C18H20F3N3O4. The topological polar surface area (TPSA) is 90.0 Å². The number of carboxylic acids is 1. The lowest BCUT2D eigenvalue weighted by Gasteiger charge is -2.38. The van der Waals surface area contributed by atoms with Gasteiger partial charge in [-0.05, 0) is 44.5 Å². The molecule has 10 heteroatoms. The van der Waals surface area contributed by atoms with Crippen LogP contribution in [0.5, 0.6) is 0 Å². The van der Waals surface area contributed by atoms with Gasteiger partial charge in [0.1, 0.15) is 6.54 Å². The lowest BCUT2D eigenvalue weighted by Crippen LogP contribution is -2.53. The smallest absolute Gasteiger partial charge is 0.416 e. The van der Waals surface area contributed by atoms with Crippen molar-refractivity contribution < 1.29 is 32.7 Å². The zero-order chi connectivity index (χ0) is 20.6. The van der Waals surface area contributed by atoms with E-state index >= 15 is 0 Å². The molecule has 1 saturated heterocycles. The lowest BCUT2D eigenvalue weighted by molar-refractivity contribution is -0.144. The summed E-state index contributed by atoms with van der Waals surface area (Å²) in [4.78, 5) is 39.1. The maximum Gasteiger partial charge on any atom is 0.416 e. The number of anilines is 2. The summed E-state index contributed by atoms with van der Waals surface area (Å²) < 4.78 is 38.8. The number of carboxylic acid groups (broad SMARTS) is 1. The Morgan fingerprint density at radius 1 is 1.32 bits per heavy atom. The first-order valence-corrected chi connectivity index (χ1v) is 8.87. The van der Waals surface area contributed by atoms with E-state index in [-0.39, 0.29) is 24.5 Å². The third kappa shape index (κ3) is 3.96. The van der Waals surface area contributed by atoms with E-state index in [1.165, 1.54) is 6.07 Å². The first kappa shape index (κ1) is 20.1. The molecule has 3 rings (SSSR count). The minimum atomic E-state index is -4.57. The molecule has 0 radical (unpaired) electrons. The molecule has 2 amide bonds. The first-order valence-electron chi connectivity index (χ1n) is 8.87. The number of aliphatic carboxylic acids is 1. The molecule has 0 saturated carbocycles. The van der Waals surface area contributed by atoms with Crippen molar-refractivity contribution in [1.82, 2.24) is 4.90 Å². The van der Waals surface area contributed by atoms with Crippen molar-refractivity contribution in [3.05, 3.63) is 23.8 Å². The third-order valence-electron chi connectivity index (χ3n) is 5.16. The van der Waals surface area contributed by atoms with Crippen molar-refractivity contribution in [3.63, 3.8) is 0 Å². The Morgan fingerprint density at radius 3 is 2.68 bits per heavy atom. The number of benzene rings is 1. The van der Waals surface area contributed by atoms with E-state index in [0.29, 0.717) is 19.4 Å². The van der Waals surface area contributed by atoms with Gasteiger partial charge in [-0.2, -0.15) is 13.2 Å². The number of likely N-dealkylation sites (tertiary alicyclic amines) is 1. The zero-order valence-corrected chi connectivity index (χ0v) is 15.1.